The minimum Gasteiger partial charge on any atom is -0.467 e. The summed E-state index contributed by atoms with van der Waals surface area (Å²) in [6.45, 7) is 4.58. The first kappa shape index (κ1) is 12.5. The highest BCUT2D eigenvalue weighted by atomic mass is 16.6. The van der Waals surface area contributed by atoms with Gasteiger partial charge in [-0.05, 0) is 45.2 Å². The van der Waals surface area contributed by atoms with Gasteiger partial charge in [-0.3, -0.25) is 0 Å². The maximum atomic E-state index is 11.0. The lowest BCUT2D eigenvalue weighted by molar-refractivity contribution is -0.153. The lowest BCUT2D eigenvalue weighted by Gasteiger charge is -2.22. The fourth-order valence-corrected chi connectivity index (χ4v) is 1.82. The molecule has 0 bridgehead atoms. The number of carbonyl (C=O) groups is 1. The van der Waals surface area contributed by atoms with Crippen LogP contribution in [-0.4, -0.2) is 38.9 Å². The van der Waals surface area contributed by atoms with Crippen LogP contribution < -0.4 is 5.32 Å². The smallest absolute Gasteiger partial charge is 0.334 e. The summed E-state index contributed by atoms with van der Waals surface area (Å²) in [5, 5.41) is 3.36. The van der Waals surface area contributed by atoms with Crippen LogP contribution in [-0.2, 0) is 14.3 Å². The molecule has 0 radical (unpaired) electrons. The van der Waals surface area contributed by atoms with Gasteiger partial charge in [0.15, 0.2) is 6.10 Å². The van der Waals surface area contributed by atoms with Crippen molar-refractivity contribution in [3.8, 4) is 0 Å². The molecule has 0 aromatic rings. The molecule has 1 rings (SSSR count). The predicted octanol–water partition coefficient (Wildman–Crippen LogP) is 0.954. The van der Waals surface area contributed by atoms with E-state index in [1.807, 2.05) is 0 Å². The monoisotopic (exact) mass is 215 g/mol. The van der Waals surface area contributed by atoms with E-state index in [-0.39, 0.29) is 5.97 Å². The van der Waals surface area contributed by atoms with Gasteiger partial charge < -0.3 is 14.8 Å². The van der Waals surface area contributed by atoms with Crippen LogP contribution in [0, 0.1) is 5.92 Å². The van der Waals surface area contributed by atoms with Gasteiger partial charge in [-0.15, -0.1) is 0 Å². The second-order valence-electron chi connectivity index (χ2n) is 4.04. The van der Waals surface area contributed by atoms with Crippen LogP contribution >= 0.6 is 0 Å². The van der Waals surface area contributed by atoms with Crippen molar-refractivity contribution in [3.05, 3.63) is 0 Å². The van der Waals surface area contributed by atoms with Crippen LogP contribution in [0.15, 0.2) is 0 Å². The molecular weight excluding hydrogens is 194 g/mol. The third-order valence-electron chi connectivity index (χ3n) is 2.83. The van der Waals surface area contributed by atoms with Crippen molar-refractivity contribution in [1.82, 2.24) is 5.32 Å². The minimum atomic E-state index is -0.438. The Labute approximate surface area is 91.3 Å². The van der Waals surface area contributed by atoms with Gasteiger partial charge in [0.05, 0.1) is 7.11 Å². The number of nitrogens with one attached hydrogen (secondary N) is 1. The van der Waals surface area contributed by atoms with E-state index in [0.717, 1.165) is 19.5 Å². The van der Waals surface area contributed by atoms with Crippen molar-refractivity contribution >= 4 is 5.97 Å². The number of hydrogen-bond acceptors (Lipinski definition) is 4. The molecule has 1 fully saturated rings. The SMILES string of the molecule is COC(=O)C(C)OCCC1CCCNC1. The summed E-state index contributed by atoms with van der Waals surface area (Å²) in [6, 6.07) is 0. The Balaban J connectivity index is 2.07. The number of hydrogen-bond donors (Lipinski definition) is 1. The summed E-state index contributed by atoms with van der Waals surface area (Å²) in [6.07, 6.45) is 3.10. The summed E-state index contributed by atoms with van der Waals surface area (Å²) in [5.74, 6) is 0.403. The second kappa shape index (κ2) is 6.80. The fourth-order valence-electron chi connectivity index (χ4n) is 1.82. The predicted molar refractivity (Wildman–Crippen MR) is 57.6 cm³/mol. The van der Waals surface area contributed by atoms with Crippen molar-refractivity contribution in [2.75, 3.05) is 26.8 Å². The molecule has 4 nitrogen and oxygen atoms in total. The minimum absolute atomic E-state index is 0.295. The number of methoxy groups -OCH3 is 1. The number of piperidine rings is 1. The Hall–Kier alpha value is -0.610. The van der Waals surface area contributed by atoms with Crippen LogP contribution in [0.2, 0.25) is 0 Å². The number of rotatable bonds is 5. The highest BCUT2D eigenvalue weighted by Crippen LogP contribution is 2.14. The van der Waals surface area contributed by atoms with Crippen molar-refractivity contribution < 1.29 is 14.3 Å². The molecule has 88 valence electrons. The lowest BCUT2D eigenvalue weighted by Crippen LogP contribution is -2.31. The van der Waals surface area contributed by atoms with Crippen molar-refractivity contribution in [2.45, 2.75) is 32.3 Å². The molecule has 1 N–H and O–H groups in total. The molecule has 0 saturated carbocycles. The summed E-state index contributed by atoms with van der Waals surface area (Å²) in [5.41, 5.74) is 0. The van der Waals surface area contributed by atoms with E-state index < -0.39 is 6.10 Å². The van der Waals surface area contributed by atoms with E-state index in [1.54, 1.807) is 6.92 Å². The van der Waals surface area contributed by atoms with Crippen LogP contribution in [0.4, 0.5) is 0 Å². The van der Waals surface area contributed by atoms with Crippen LogP contribution in [0.25, 0.3) is 0 Å². The molecule has 1 aliphatic rings. The molecule has 4 heteroatoms. The van der Waals surface area contributed by atoms with E-state index >= 15 is 0 Å². The topological polar surface area (TPSA) is 47.6 Å². The average Bonchev–Trinajstić information content (AvgIpc) is 2.29. The molecule has 0 aliphatic carbocycles. The Bertz CT molecular complexity index is 190. The standard InChI is InChI=1S/C11H21NO3/c1-9(11(13)14-2)15-7-5-10-4-3-6-12-8-10/h9-10,12H,3-8H2,1-2H3. The molecule has 15 heavy (non-hydrogen) atoms. The maximum Gasteiger partial charge on any atom is 0.334 e. The van der Waals surface area contributed by atoms with E-state index in [0.29, 0.717) is 12.5 Å². The summed E-state index contributed by atoms with van der Waals surface area (Å²) in [4.78, 5) is 11.0. The third kappa shape index (κ3) is 4.62. The van der Waals surface area contributed by atoms with Gasteiger partial charge in [-0.25, -0.2) is 4.79 Å². The first-order chi connectivity index (χ1) is 7.24. The van der Waals surface area contributed by atoms with E-state index in [4.69, 9.17) is 4.74 Å². The molecule has 2 unspecified atom stereocenters. The highest BCUT2D eigenvalue weighted by Gasteiger charge is 2.16. The molecule has 1 saturated heterocycles. The maximum absolute atomic E-state index is 11.0. The lowest BCUT2D eigenvalue weighted by atomic mass is 9.97. The zero-order valence-electron chi connectivity index (χ0n) is 9.62. The Morgan fingerprint density at radius 2 is 2.40 bits per heavy atom. The van der Waals surface area contributed by atoms with Crippen molar-refractivity contribution in [2.24, 2.45) is 5.92 Å². The van der Waals surface area contributed by atoms with Gasteiger partial charge in [0.2, 0.25) is 0 Å². The molecule has 1 heterocycles. The number of ether oxygens (including phenoxy) is 2. The molecular formula is C11H21NO3. The largest absolute Gasteiger partial charge is 0.467 e. The molecule has 0 aromatic heterocycles. The molecule has 0 amide bonds. The summed E-state index contributed by atoms with van der Waals surface area (Å²) >= 11 is 0. The van der Waals surface area contributed by atoms with E-state index in [1.165, 1.54) is 20.0 Å². The van der Waals surface area contributed by atoms with E-state index in [2.05, 4.69) is 10.1 Å². The van der Waals surface area contributed by atoms with Crippen LogP contribution in [0.3, 0.4) is 0 Å². The molecule has 1 aliphatic heterocycles. The fraction of sp³-hybridized carbons (Fsp3) is 0.909. The van der Waals surface area contributed by atoms with E-state index in [9.17, 15) is 4.79 Å². The van der Waals surface area contributed by atoms with Gasteiger partial charge in [0, 0.05) is 6.61 Å². The summed E-state index contributed by atoms with van der Waals surface area (Å²) < 4.78 is 9.97. The zero-order chi connectivity index (χ0) is 11.1. The number of carbonyl (C=O) groups excluding carboxylic acids is 1. The Morgan fingerprint density at radius 3 is 3.00 bits per heavy atom. The van der Waals surface area contributed by atoms with Gasteiger partial charge in [0.25, 0.3) is 0 Å². The van der Waals surface area contributed by atoms with Gasteiger partial charge in [-0.2, -0.15) is 0 Å². The van der Waals surface area contributed by atoms with Gasteiger partial charge in [-0.1, -0.05) is 0 Å². The van der Waals surface area contributed by atoms with Crippen LogP contribution in [0.5, 0.6) is 0 Å². The summed E-state index contributed by atoms with van der Waals surface area (Å²) in [7, 11) is 1.38. The first-order valence-corrected chi connectivity index (χ1v) is 5.64. The molecule has 0 spiro atoms. The Morgan fingerprint density at radius 1 is 1.60 bits per heavy atom. The van der Waals surface area contributed by atoms with Gasteiger partial charge in [0.1, 0.15) is 0 Å². The van der Waals surface area contributed by atoms with Gasteiger partial charge >= 0.3 is 5.97 Å². The first-order valence-electron chi connectivity index (χ1n) is 5.64. The molecule has 0 aromatic carbocycles. The number of esters is 1. The third-order valence-corrected chi connectivity index (χ3v) is 2.83. The second-order valence-corrected chi connectivity index (χ2v) is 4.04. The molecule has 2 atom stereocenters. The quantitative estimate of drug-likeness (QED) is 0.694. The highest BCUT2D eigenvalue weighted by molar-refractivity contribution is 5.73. The van der Waals surface area contributed by atoms with Crippen molar-refractivity contribution in [1.29, 1.82) is 0 Å². The zero-order valence-corrected chi connectivity index (χ0v) is 9.62. The van der Waals surface area contributed by atoms with Crippen LogP contribution in [0.1, 0.15) is 26.2 Å². The van der Waals surface area contributed by atoms with Crippen molar-refractivity contribution in [3.63, 3.8) is 0 Å². The average molecular weight is 215 g/mol. The Kier molecular flexibility index (Phi) is 5.65. The normalized spacial score (nSPS) is 23.5.